The van der Waals surface area contributed by atoms with E-state index >= 15 is 0 Å². The molecule has 7 nitrogen and oxygen atoms in total. The zero-order chi connectivity index (χ0) is 15.2. The SMILES string of the molecule is CCC(CC(=O)O)Cn1nnnc1-c1ccccc1OC. The summed E-state index contributed by atoms with van der Waals surface area (Å²) in [5.41, 5.74) is 0.787. The lowest BCUT2D eigenvalue weighted by atomic mass is 10.0. The predicted molar refractivity (Wildman–Crippen MR) is 75.8 cm³/mol. The first-order valence-electron chi connectivity index (χ1n) is 6.77. The maximum atomic E-state index is 10.9. The van der Waals surface area contributed by atoms with Gasteiger partial charge in [0.1, 0.15) is 5.75 Å². The third kappa shape index (κ3) is 3.56. The minimum absolute atomic E-state index is 0.0144. The standard InChI is InChI=1S/C14H18N4O3/c1-3-10(8-13(19)20)9-18-14(15-16-17-18)11-6-4-5-7-12(11)21-2/h4-7,10H,3,8-9H2,1-2H3,(H,19,20). The second kappa shape index (κ2) is 6.83. The van der Waals surface area contributed by atoms with Gasteiger partial charge >= 0.3 is 5.97 Å². The molecule has 0 saturated heterocycles. The largest absolute Gasteiger partial charge is 0.496 e. The Bertz CT molecular complexity index is 612. The topological polar surface area (TPSA) is 90.1 Å². The van der Waals surface area contributed by atoms with E-state index in [9.17, 15) is 4.79 Å². The number of ether oxygens (including phenoxy) is 1. The number of hydrogen-bond acceptors (Lipinski definition) is 5. The van der Waals surface area contributed by atoms with E-state index in [1.807, 2.05) is 31.2 Å². The van der Waals surface area contributed by atoms with Gasteiger partial charge in [-0.15, -0.1) is 5.10 Å². The van der Waals surface area contributed by atoms with Gasteiger partial charge in [-0.3, -0.25) is 4.79 Å². The number of aliphatic carboxylic acids is 1. The molecule has 1 aromatic heterocycles. The average Bonchev–Trinajstić information content (AvgIpc) is 2.94. The van der Waals surface area contributed by atoms with Crippen LogP contribution in [0.2, 0.25) is 0 Å². The fourth-order valence-corrected chi connectivity index (χ4v) is 2.18. The fraction of sp³-hybridized carbons (Fsp3) is 0.429. The number of benzene rings is 1. The molecule has 0 spiro atoms. The van der Waals surface area contributed by atoms with Gasteiger partial charge in [0.05, 0.1) is 12.7 Å². The van der Waals surface area contributed by atoms with E-state index in [2.05, 4.69) is 15.5 Å². The number of methoxy groups -OCH3 is 1. The van der Waals surface area contributed by atoms with Crippen LogP contribution >= 0.6 is 0 Å². The molecule has 0 radical (unpaired) electrons. The number of tetrazole rings is 1. The van der Waals surface area contributed by atoms with E-state index in [4.69, 9.17) is 9.84 Å². The smallest absolute Gasteiger partial charge is 0.303 e. The van der Waals surface area contributed by atoms with Crippen LogP contribution in [0.25, 0.3) is 11.4 Å². The Morgan fingerprint density at radius 1 is 1.43 bits per heavy atom. The molecule has 112 valence electrons. The van der Waals surface area contributed by atoms with Gasteiger partial charge in [0.25, 0.3) is 0 Å². The normalized spacial score (nSPS) is 12.1. The van der Waals surface area contributed by atoms with Crippen LogP contribution in [0.5, 0.6) is 5.75 Å². The minimum atomic E-state index is -0.811. The van der Waals surface area contributed by atoms with Crippen LogP contribution in [0, 0.1) is 5.92 Å². The molecule has 0 aliphatic carbocycles. The van der Waals surface area contributed by atoms with Gasteiger partial charge in [0.2, 0.25) is 0 Å². The summed E-state index contributed by atoms with van der Waals surface area (Å²) in [5.74, 6) is 0.435. The Kier molecular flexibility index (Phi) is 4.86. The molecule has 1 atom stereocenters. The van der Waals surface area contributed by atoms with E-state index in [1.165, 1.54) is 0 Å². The van der Waals surface area contributed by atoms with Crippen LogP contribution in [0.4, 0.5) is 0 Å². The first kappa shape index (κ1) is 15.0. The summed E-state index contributed by atoms with van der Waals surface area (Å²) < 4.78 is 6.95. The maximum Gasteiger partial charge on any atom is 0.303 e. The lowest BCUT2D eigenvalue weighted by molar-refractivity contribution is -0.138. The molecule has 1 N–H and O–H groups in total. The molecule has 2 aromatic rings. The summed E-state index contributed by atoms with van der Waals surface area (Å²) in [7, 11) is 1.59. The van der Waals surface area contributed by atoms with Crippen molar-refractivity contribution in [3.63, 3.8) is 0 Å². The molecule has 0 fully saturated rings. The molecule has 1 heterocycles. The minimum Gasteiger partial charge on any atom is -0.496 e. The molecular weight excluding hydrogens is 272 g/mol. The Balaban J connectivity index is 2.28. The van der Waals surface area contributed by atoms with E-state index in [1.54, 1.807) is 11.8 Å². The summed E-state index contributed by atoms with van der Waals surface area (Å²) in [6, 6.07) is 7.46. The second-order valence-corrected chi connectivity index (χ2v) is 4.76. The number of rotatable bonds is 7. The molecule has 1 unspecified atom stereocenters. The highest BCUT2D eigenvalue weighted by atomic mass is 16.5. The van der Waals surface area contributed by atoms with Crippen LogP contribution in [0.3, 0.4) is 0 Å². The zero-order valence-electron chi connectivity index (χ0n) is 12.1. The average molecular weight is 290 g/mol. The molecule has 2 rings (SSSR count). The Morgan fingerprint density at radius 3 is 2.86 bits per heavy atom. The van der Waals surface area contributed by atoms with E-state index in [-0.39, 0.29) is 12.3 Å². The number of nitrogens with zero attached hydrogens (tertiary/aromatic N) is 4. The van der Waals surface area contributed by atoms with E-state index < -0.39 is 5.97 Å². The highest BCUT2D eigenvalue weighted by Gasteiger charge is 2.18. The number of para-hydroxylation sites is 1. The first-order chi connectivity index (χ1) is 10.2. The van der Waals surface area contributed by atoms with Crippen LogP contribution < -0.4 is 4.74 Å². The Hall–Kier alpha value is -2.44. The van der Waals surface area contributed by atoms with Crippen molar-refractivity contribution in [3.8, 4) is 17.1 Å². The third-order valence-electron chi connectivity index (χ3n) is 3.35. The van der Waals surface area contributed by atoms with Crippen molar-refractivity contribution >= 4 is 5.97 Å². The van der Waals surface area contributed by atoms with Gasteiger partial charge in [-0.1, -0.05) is 25.5 Å². The third-order valence-corrected chi connectivity index (χ3v) is 3.35. The first-order valence-corrected chi connectivity index (χ1v) is 6.77. The van der Waals surface area contributed by atoms with Crippen molar-refractivity contribution in [1.82, 2.24) is 20.2 Å². The van der Waals surface area contributed by atoms with Crippen molar-refractivity contribution < 1.29 is 14.6 Å². The van der Waals surface area contributed by atoms with Crippen LogP contribution in [-0.2, 0) is 11.3 Å². The second-order valence-electron chi connectivity index (χ2n) is 4.76. The molecule has 1 aromatic carbocycles. The summed E-state index contributed by atoms with van der Waals surface area (Å²) in [5, 5.41) is 20.6. The molecular formula is C14H18N4O3. The summed E-state index contributed by atoms with van der Waals surface area (Å²) in [6.45, 7) is 2.42. The molecule has 0 aliphatic rings. The maximum absolute atomic E-state index is 10.9. The van der Waals surface area contributed by atoms with Gasteiger partial charge < -0.3 is 9.84 Å². The number of carbonyl (C=O) groups is 1. The van der Waals surface area contributed by atoms with Gasteiger partial charge in [-0.2, -0.15) is 0 Å². The van der Waals surface area contributed by atoms with E-state index in [0.717, 1.165) is 12.0 Å². The fourth-order valence-electron chi connectivity index (χ4n) is 2.18. The van der Waals surface area contributed by atoms with Crippen molar-refractivity contribution in [2.24, 2.45) is 5.92 Å². The van der Waals surface area contributed by atoms with Gasteiger partial charge in [-0.25, -0.2) is 4.68 Å². The monoisotopic (exact) mass is 290 g/mol. The van der Waals surface area contributed by atoms with Crippen LogP contribution in [-0.4, -0.2) is 38.4 Å². The highest BCUT2D eigenvalue weighted by Crippen LogP contribution is 2.28. The number of hydrogen-bond donors (Lipinski definition) is 1. The molecule has 0 saturated carbocycles. The van der Waals surface area contributed by atoms with Gasteiger partial charge in [0, 0.05) is 13.0 Å². The summed E-state index contributed by atoms with van der Waals surface area (Å²) in [4.78, 5) is 10.9. The molecule has 7 heteroatoms. The van der Waals surface area contributed by atoms with E-state index in [0.29, 0.717) is 18.1 Å². The Labute approximate surface area is 122 Å². The van der Waals surface area contributed by atoms with Gasteiger partial charge in [0.15, 0.2) is 5.82 Å². The predicted octanol–water partition coefficient (Wildman–Crippen LogP) is 1.85. The van der Waals surface area contributed by atoms with Crippen molar-refractivity contribution in [2.45, 2.75) is 26.3 Å². The van der Waals surface area contributed by atoms with Crippen molar-refractivity contribution in [1.29, 1.82) is 0 Å². The molecule has 0 bridgehead atoms. The number of aromatic nitrogens is 4. The lowest BCUT2D eigenvalue weighted by Crippen LogP contribution is -2.16. The van der Waals surface area contributed by atoms with Crippen LogP contribution in [0.1, 0.15) is 19.8 Å². The number of carboxylic acid groups (broad SMARTS) is 1. The lowest BCUT2D eigenvalue weighted by Gasteiger charge is -2.14. The quantitative estimate of drug-likeness (QED) is 0.837. The molecule has 0 aliphatic heterocycles. The highest BCUT2D eigenvalue weighted by molar-refractivity contribution is 5.67. The van der Waals surface area contributed by atoms with Gasteiger partial charge in [-0.05, 0) is 28.5 Å². The molecule has 0 amide bonds. The van der Waals surface area contributed by atoms with Crippen molar-refractivity contribution in [2.75, 3.05) is 7.11 Å². The summed E-state index contributed by atoms with van der Waals surface area (Å²) >= 11 is 0. The molecule has 21 heavy (non-hydrogen) atoms. The number of carboxylic acids is 1. The Morgan fingerprint density at radius 2 is 2.19 bits per heavy atom. The van der Waals surface area contributed by atoms with Crippen molar-refractivity contribution in [3.05, 3.63) is 24.3 Å². The summed E-state index contributed by atoms with van der Waals surface area (Å²) in [6.07, 6.45) is 0.846. The van der Waals surface area contributed by atoms with Crippen LogP contribution in [0.15, 0.2) is 24.3 Å². The zero-order valence-corrected chi connectivity index (χ0v) is 12.1.